The van der Waals surface area contributed by atoms with E-state index in [1.54, 1.807) is 12.5 Å². The second-order valence-corrected chi connectivity index (χ2v) is 5.16. The van der Waals surface area contributed by atoms with Gasteiger partial charge in [0.25, 0.3) is 0 Å². The Morgan fingerprint density at radius 3 is 3.00 bits per heavy atom. The zero-order chi connectivity index (χ0) is 11.3. The van der Waals surface area contributed by atoms with Crippen molar-refractivity contribution in [1.82, 2.24) is 9.55 Å². The molecule has 0 aliphatic carbocycles. The van der Waals surface area contributed by atoms with E-state index in [2.05, 4.69) is 21.8 Å². The number of nitrogens with one attached hydrogen (secondary N) is 1. The summed E-state index contributed by atoms with van der Waals surface area (Å²) >= 11 is 0. The maximum absolute atomic E-state index is 11.0. The molecule has 0 radical (unpaired) electrons. The van der Waals surface area contributed by atoms with Crippen LogP contribution in [0, 0.1) is 0 Å². The molecule has 0 amide bonds. The van der Waals surface area contributed by atoms with E-state index < -0.39 is 10.8 Å². The summed E-state index contributed by atoms with van der Waals surface area (Å²) in [5, 5.41) is 3.20. The Morgan fingerprint density at radius 1 is 1.67 bits per heavy atom. The van der Waals surface area contributed by atoms with E-state index >= 15 is 0 Å². The Hall–Kier alpha value is -0.840. The van der Waals surface area contributed by atoms with Gasteiger partial charge in [0.1, 0.15) is 0 Å². The fraction of sp³-hybridized carbons (Fsp3) is 0.700. The molecule has 15 heavy (non-hydrogen) atoms. The van der Waals surface area contributed by atoms with Crippen molar-refractivity contribution in [2.24, 2.45) is 0 Å². The van der Waals surface area contributed by atoms with Gasteiger partial charge in [-0.3, -0.25) is 4.21 Å². The molecule has 4 nitrogen and oxygen atoms in total. The third-order valence-electron chi connectivity index (χ3n) is 2.30. The Morgan fingerprint density at radius 2 is 2.40 bits per heavy atom. The van der Waals surface area contributed by atoms with Crippen LogP contribution in [0.15, 0.2) is 12.4 Å². The van der Waals surface area contributed by atoms with Crippen LogP contribution >= 0.6 is 0 Å². The highest BCUT2D eigenvalue weighted by atomic mass is 32.2. The molecule has 1 aromatic rings. The van der Waals surface area contributed by atoms with Gasteiger partial charge in [0.05, 0.1) is 0 Å². The molecule has 0 aromatic carbocycles. The Bertz CT molecular complexity index is 324. The van der Waals surface area contributed by atoms with E-state index in [0.29, 0.717) is 6.04 Å². The number of anilines is 1. The lowest BCUT2D eigenvalue weighted by molar-refractivity contribution is 0.536. The van der Waals surface area contributed by atoms with E-state index in [-0.39, 0.29) is 0 Å². The fourth-order valence-corrected chi connectivity index (χ4v) is 2.11. The normalized spacial score (nSPS) is 14.9. The third-order valence-corrected chi connectivity index (χ3v) is 3.11. The summed E-state index contributed by atoms with van der Waals surface area (Å²) in [6, 6.07) is 0.338. The Labute approximate surface area is 93.5 Å². The highest BCUT2D eigenvalue weighted by molar-refractivity contribution is 7.84. The summed E-state index contributed by atoms with van der Waals surface area (Å²) in [7, 11) is -0.712. The lowest BCUT2D eigenvalue weighted by Gasteiger charge is -2.15. The monoisotopic (exact) mass is 229 g/mol. The second-order valence-electron chi connectivity index (χ2n) is 3.60. The van der Waals surface area contributed by atoms with Crippen molar-refractivity contribution < 1.29 is 4.21 Å². The quantitative estimate of drug-likeness (QED) is 0.806. The highest BCUT2D eigenvalue weighted by Crippen LogP contribution is 2.16. The molecule has 0 spiro atoms. The molecule has 2 unspecified atom stereocenters. The van der Waals surface area contributed by atoms with Crippen molar-refractivity contribution in [2.75, 3.05) is 23.9 Å². The van der Waals surface area contributed by atoms with Crippen LogP contribution in [-0.4, -0.2) is 32.3 Å². The van der Waals surface area contributed by atoms with Crippen molar-refractivity contribution in [2.45, 2.75) is 26.3 Å². The van der Waals surface area contributed by atoms with Crippen molar-refractivity contribution in [3.8, 4) is 0 Å². The van der Waals surface area contributed by atoms with Crippen molar-refractivity contribution in [1.29, 1.82) is 0 Å². The van der Waals surface area contributed by atoms with Gasteiger partial charge < -0.3 is 9.88 Å². The SMILES string of the molecule is CCNc1nccn1C(C)CCS(C)=O. The number of nitrogens with zero attached hydrogens (tertiary/aromatic N) is 2. The smallest absolute Gasteiger partial charge is 0.203 e. The summed E-state index contributed by atoms with van der Waals surface area (Å²) in [5.74, 6) is 1.64. The summed E-state index contributed by atoms with van der Waals surface area (Å²) in [5.41, 5.74) is 0. The van der Waals surface area contributed by atoms with Crippen LogP contribution in [0.1, 0.15) is 26.3 Å². The van der Waals surface area contributed by atoms with Crippen LogP contribution < -0.4 is 5.32 Å². The van der Waals surface area contributed by atoms with Gasteiger partial charge in [-0.2, -0.15) is 0 Å². The molecule has 0 saturated carbocycles. The summed E-state index contributed by atoms with van der Waals surface area (Å²) < 4.78 is 13.1. The van der Waals surface area contributed by atoms with Crippen LogP contribution in [0.2, 0.25) is 0 Å². The molecule has 0 saturated heterocycles. The minimum absolute atomic E-state index is 0.338. The molecular weight excluding hydrogens is 210 g/mol. The van der Waals surface area contributed by atoms with E-state index in [1.165, 1.54) is 0 Å². The number of imidazole rings is 1. The molecule has 1 heterocycles. The minimum Gasteiger partial charge on any atom is -0.356 e. The lowest BCUT2D eigenvalue weighted by Crippen LogP contribution is -2.12. The molecule has 2 atom stereocenters. The first kappa shape index (κ1) is 12.2. The van der Waals surface area contributed by atoms with Gasteiger partial charge in [-0.05, 0) is 20.3 Å². The molecule has 5 heteroatoms. The molecule has 1 aromatic heterocycles. The first-order valence-electron chi connectivity index (χ1n) is 5.21. The average Bonchev–Trinajstić information content (AvgIpc) is 2.63. The molecule has 1 N–H and O–H groups in total. The molecule has 1 rings (SSSR count). The molecule has 86 valence electrons. The molecule has 0 aliphatic heterocycles. The molecule has 0 bridgehead atoms. The standard InChI is InChI=1S/C10H19N3OS/c1-4-11-10-12-6-7-13(10)9(2)5-8-15(3)14/h6-7,9H,4-5,8H2,1-3H3,(H,11,12). The van der Waals surface area contributed by atoms with E-state index in [4.69, 9.17) is 0 Å². The van der Waals surface area contributed by atoms with Crippen LogP contribution in [0.25, 0.3) is 0 Å². The van der Waals surface area contributed by atoms with Crippen molar-refractivity contribution in [3.05, 3.63) is 12.4 Å². The lowest BCUT2D eigenvalue weighted by atomic mass is 10.2. The fourth-order valence-electron chi connectivity index (χ4n) is 1.44. The summed E-state index contributed by atoms with van der Waals surface area (Å²) in [4.78, 5) is 4.23. The molecule has 0 fully saturated rings. The van der Waals surface area contributed by atoms with E-state index in [9.17, 15) is 4.21 Å². The van der Waals surface area contributed by atoms with E-state index in [0.717, 1.165) is 24.7 Å². The van der Waals surface area contributed by atoms with Gasteiger partial charge in [0.15, 0.2) is 0 Å². The van der Waals surface area contributed by atoms with Gasteiger partial charge in [-0.15, -0.1) is 0 Å². The van der Waals surface area contributed by atoms with Crippen molar-refractivity contribution >= 4 is 16.7 Å². The van der Waals surface area contributed by atoms with Gasteiger partial charge in [0.2, 0.25) is 5.95 Å². The number of hydrogen-bond donors (Lipinski definition) is 1. The Balaban J connectivity index is 2.59. The zero-order valence-electron chi connectivity index (χ0n) is 9.56. The van der Waals surface area contributed by atoms with Gasteiger partial charge in [-0.25, -0.2) is 4.98 Å². The predicted molar refractivity (Wildman–Crippen MR) is 64.7 cm³/mol. The minimum atomic E-state index is -0.712. The summed E-state index contributed by atoms with van der Waals surface area (Å²) in [6.45, 7) is 5.03. The Kier molecular flexibility index (Phi) is 4.81. The zero-order valence-corrected chi connectivity index (χ0v) is 10.4. The number of aromatic nitrogens is 2. The third kappa shape index (κ3) is 3.66. The maximum atomic E-state index is 11.0. The van der Waals surface area contributed by atoms with Crippen LogP contribution in [0.4, 0.5) is 5.95 Å². The van der Waals surface area contributed by atoms with Crippen molar-refractivity contribution in [3.63, 3.8) is 0 Å². The first-order valence-corrected chi connectivity index (χ1v) is 6.94. The summed E-state index contributed by atoms with van der Waals surface area (Å²) in [6.07, 6.45) is 6.41. The van der Waals surface area contributed by atoms with E-state index in [1.807, 2.05) is 13.1 Å². The number of hydrogen-bond acceptors (Lipinski definition) is 3. The van der Waals surface area contributed by atoms with Crippen LogP contribution in [-0.2, 0) is 10.8 Å². The first-order chi connectivity index (χ1) is 7.15. The maximum Gasteiger partial charge on any atom is 0.203 e. The molecular formula is C10H19N3OS. The van der Waals surface area contributed by atoms with Gasteiger partial charge in [-0.1, -0.05) is 0 Å². The van der Waals surface area contributed by atoms with Gasteiger partial charge in [0, 0.05) is 47.8 Å². The predicted octanol–water partition coefficient (Wildman–Crippen LogP) is 1.64. The largest absolute Gasteiger partial charge is 0.356 e. The van der Waals surface area contributed by atoms with Crippen LogP contribution in [0.3, 0.4) is 0 Å². The number of rotatable bonds is 6. The van der Waals surface area contributed by atoms with Gasteiger partial charge >= 0.3 is 0 Å². The molecule has 0 aliphatic rings. The topological polar surface area (TPSA) is 46.9 Å². The second kappa shape index (κ2) is 5.90. The van der Waals surface area contributed by atoms with Crippen LogP contribution in [0.5, 0.6) is 0 Å². The average molecular weight is 229 g/mol. The highest BCUT2D eigenvalue weighted by Gasteiger charge is 2.09.